The lowest BCUT2D eigenvalue weighted by Gasteiger charge is -2.11. The van der Waals surface area contributed by atoms with Crippen LogP contribution < -0.4 is 5.32 Å². The maximum atomic E-state index is 5.84. The van der Waals surface area contributed by atoms with Gasteiger partial charge in [-0.05, 0) is 32.5 Å². The van der Waals surface area contributed by atoms with Gasteiger partial charge in [0.2, 0.25) is 0 Å². The first-order chi connectivity index (χ1) is 8.35. The molecule has 1 aromatic carbocycles. The van der Waals surface area contributed by atoms with Crippen LogP contribution in [-0.2, 0) is 0 Å². The average molecular weight is 227 g/mol. The molecule has 0 amide bonds. The lowest BCUT2D eigenvalue weighted by atomic mass is 10.1. The monoisotopic (exact) mass is 227 g/mol. The minimum atomic E-state index is 0.239. The summed E-state index contributed by atoms with van der Waals surface area (Å²) in [7, 11) is 1.96. The Morgan fingerprint density at radius 1 is 1.35 bits per heavy atom. The van der Waals surface area contributed by atoms with Crippen LogP contribution in [0.15, 0.2) is 34.7 Å². The molecular weight excluding hydrogens is 210 g/mol. The van der Waals surface area contributed by atoms with Crippen molar-refractivity contribution in [2.45, 2.75) is 25.8 Å². The Morgan fingerprint density at radius 3 is 2.88 bits per heavy atom. The summed E-state index contributed by atoms with van der Waals surface area (Å²) in [6.07, 6.45) is 1.86. The molecule has 0 radical (unpaired) electrons. The lowest BCUT2D eigenvalue weighted by Crippen LogP contribution is -2.15. The molecule has 1 unspecified atom stereocenters. The zero-order chi connectivity index (χ0) is 12.1. The second kappa shape index (κ2) is 5.56. The van der Waals surface area contributed by atoms with E-state index in [2.05, 4.69) is 29.3 Å². The standard InChI is InChI=1S/C15H17NO/c1-3-4-5-9-13(16-2)15-11-12-8-6-7-10-14(12)17-15/h6-8,10-11,13,16H,5,9H2,1-2H3. The number of furan rings is 1. The Balaban J connectivity index is 2.19. The van der Waals surface area contributed by atoms with Crippen molar-refractivity contribution in [1.82, 2.24) is 5.32 Å². The van der Waals surface area contributed by atoms with E-state index >= 15 is 0 Å². The van der Waals surface area contributed by atoms with Gasteiger partial charge in [0.1, 0.15) is 11.3 Å². The first kappa shape index (κ1) is 11.8. The first-order valence-corrected chi connectivity index (χ1v) is 5.90. The van der Waals surface area contributed by atoms with E-state index in [1.165, 1.54) is 0 Å². The smallest absolute Gasteiger partial charge is 0.134 e. The summed E-state index contributed by atoms with van der Waals surface area (Å²) >= 11 is 0. The Bertz CT molecular complexity index is 512. The summed E-state index contributed by atoms with van der Waals surface area (Å²) in [4.78, 5) is 0. The third-order valence-electron chi connectivity index (χ3n) is 2.87. The number of rotatable bonds is 4. The second-order valence-electron chi connectivity index (χ2n) is 3.99. The molecule has 0 fully saturated rings. The molecule has 0 saturated carbocycles. The molecule has 0 bridgehead atoms. The van der Waals surface area contributed by atoms with Gasteiger partial charge in [0.15, 0.2) is 0 Å². The number of fused-ring (bicyclic) bond motifs is 1. The highest BCUT2D eigenvalue weighted by molar-refractivity contribution is 5.77. The van der Waals surface area contributed by atoms with Crippen LogP contribution in [-0.4, -0.2) is 7.05 Å². The summed E-state index contributed by atoms with van der Waals surface area (Å²) < 4.78 is 5.84. The highest BCUT2D eigenvalue weighted by atomic mass is 16.3. The number of hydrogen-bond donors (Lipinski definition) is 1. The Morgan fingerprint density at radius 2 is 2.18 bits per heavy atom. The van der Waals surface area contributed by atoms with Crippen molar-refractivity contribution in [1.29, 1.82) is 0 Å². The summed E-state index contributed by atoms with van der Waals surface area (Å²) in [5.74, 6) is 6.99. The van der Waals surface area contributed by atoms with Crippen molar-refractivity contribution in [2.24, 2.45) is 0 Å². The molecule has 0 spiro atoms. The van der Waals surface area contributed by atoms with Crippen molar-refractivity contribution in [3.63, 3.8) is 0 Å². The van der Waals surface area contributed by atoms with Gasteiger partial charge in [0, 0.05) is 11.8 Å². The highest BCUT2D eigenvalue weighted by Gasteiger charge is 2.13. The molecule has 1 heterocycles. The fraction of sp³-hybridized carbons (Fsp3) is 0.333. The zero-order valence-corrected chi connectivity index (χ0v) is 10.3. The highest BCUT2D eigenvalue weighted by Crippen LogP contribution is 2.25. The molecule has 1 N–H and O–H groups in total. The van der Waals surface area contributed by atoms with E-state index < -0.39 is 0 Å². The molecule has 0 aliphatic heterocycles. The maximum absolute atomic E-state index is 5.84. The molecular formula is C15H17NO. The molecule has 1 aromatic heterocycles. The van der Waals surface area contributed by atoms with E-state index in [0.29, 0.717) is 0 Å². The minimum absolute atomic E-state index is 0.239. The van der Waals surface area contributed by atoms with E-state index in [9.17, 15) is 0 Å². The Kier molecular flexibility index (Phi) is 3.85. The van der Waals surface area contributed by atoms with Gasteiger partial charge in [-0.2, -0.15) is 0 Å². The number of hydrogen-bond acceptors (Lipinski definition) is 2. The van der Waals surface area contributed by atoms with Crippen LogP contribution in [0.2, 0.25) is 0 Å². The molecule has 2 aromatic rings. The number of benzene rings is 1. The van der Waals surface area contributed by atoms with Crippen LogP contribution in [0, 0.1) is 11.8 Å². The average Bonchev–Trinajstić information content (AvgIpc) is 2.78. The molecule has 2 rings (SSSR count). The van der Waals surface area contributed by atoms with E-state index in [1.54, 1.807) is 0 Å². The third kappa shape index (κ3) is 2.69. The van der Waals surface area contributed by atoms with Crippen molar-refractivity contribution >= 4 is 11.0 Å². The first-order valence-electron chi connectivity index (χ1n) is 5.90. The molecule has 1 atom stereocenters. The summed E-state index contributed by atoms with van der Waals surface area (Å²) in [5.41, 5.74) is 0.948. The van der Waals surface area contributed by atoms with Gasteiger partial charge in [0.25, 0.3) is 0 Å². The van der Waals surface area contributed by atoms with Gasteiger partial charge >= 0.3 is 0 Å². The molecule has 17 heavy (non-hydrogen) atoms. The summed E-state index contributed by atoms with van der Waals surface area (Å²) in [5, 5.41) is 4.43. The van der Waals surface area contributed by atoms with Crippen LogP contribution in [0.1, 0.15) is 31.6 Å². The van der Waals surface area contributed by atoms with Gasteiger partial charge in [0.05, 0.1) is 6.04 Å². The lowest BCUT2D eigenvalue weighted by molar-refractivity contribution is 0.437. The Hall–Kier alpha value is -1.72. The normalized spacial score (nSPS) is 12.1. The van der Waals surface area contributed by atoms with Gasteiger partial charge in [-0.15, -0.1) is 11.8 Å². The van der Waals surface area contributed by atoms with Gasteiger partial charge in [-0.3, -0.25) is 0 Å². The van der Waals surface area contributed by atoms with Crippen LogP contribution in [0.3, 0.4) is 0 Å². The van der Waals surface area contributed by atoms with Crippen molar-refractivity contribution in [2.75, 3.05) is 7.05 Å². The van der Waals surface area contributed by atoms with E-state index in [0.717, 1.165) is 29.6 Å². The molecule has 88 valence electrons. The fourth-order valence-electron chi connectivity index (χ4n) is 1.94. The quantitative estimate of drug-likeness (QED) is 0.809. The number of para-hydroxylation sites is 1. The number of nitrogens with one attached hydrogen (secondary N) is 1. The summed E-state index contributed by atoms with van der Waals surface area (Å²) in [6, 6.07) is 10.4. The second-order valence-corrected chi connectivity index (χ2v) is 3.99. The molecule has 0 saturated heterocycles. The predicted molar refractivity (Wildman–Crippen MR) is 70.7 cm³/mol. The van der Waals surface area contributed by atoms with Gasteiger partial charge < -0.3 is 9.73 Å². The molecule has 2 heteroatoms. The fourth-order valence-corrected chi connectivity index (χ4v) is 1.94. The molecule has 2 nitrogen and oxygen atoms in total. The Labute approximate surface area is 102 Å². The molecule has 0 aliphatic rings. The summed E-state index contributed by atoms with van der Waals surface area (Å²) in [6.45, 7) is 1.87. The van der Waals surface area contributed by atoms with Crippen molar-refractivity contribution < 1.29 is 4.42 Å². The van der Waals surface area contributed by atoms with Crippen LogP contribution in [0.25, 0.3) is 11.0 Å². The SMILES string of the molecule is CC#CCCC(NC)c1cc2ccccc2o1. The van der Waals surface area contributed by atoms with Crippen LogP contribution in [0.5, 0.6) is 0 Å². The predicted octanol–water partition coefficient (Wildman–Crippen LogP) is 3.50. The zero-order valence-electron chi connectivity index (χ0n) is 10.3. The minimum Gasteiger partial charge on any atom is -0.459 e. The van der Waals surface area contributed by atoms with E-state index in [4.69, 9.17) is 4.42 Å². The third-order valence-corrected chi connectivity index (χ3v) is 2.87. The topological polar surface area (TPSA) is 25.2 Å². The van der Waals surface area contributed by atoms with Gasteiger partial charge in [-0.1, -0.05) is 18.2 Å². The largest absolute Gasteiger partial charge is 0.459 e. The van der Waals surface area contributed by atoms with Crippen LogP contribution in [0.4, 0.5) is 0 Å². The van der Waals surface area contributed by atoms with E-state index in [1.807, 2.05) is 32.2 Å². The van der Waals surface area contributed by atoms with Crippen molar-refractivity contribution in [3.8, 4) is 11.8 Å². The maximum Gasteiger partial charge on any atom is 0.134 e. The van der Waals surface area contributed by atoms with Crippen LogP contribution >= 0.6 is 0 Å². The molecule has 0 aliphatic carbocycles. The van der Waals surface area contributed by atoms with E-state index in [-0.39, 0.29) is 6.04 Å². The van der Waals surface area contributed by atoms with Crippen molar-refractivity contribution in [3.05, 3.63) is 36.1 Å². The van der Waals surface area contributed by atoms with Gasteiger partial charge in [-0.25, -0.2) is 0 Å².